The monoisotopic (exact) mass is 514 g/mol. The maximum Gasteiger partial charge on any atom is 0.330 e. The van der Waals surface area contributed by atoms with Crippen LogP contribution in [0.5, 0.6) is 0 Å². The molecular formula is C23H39N4O7P. The van der Waals surface area contributed by atoms with E-state index in [1.807, 2.05) is 6.92 Å². The number of methoxy groups -OCH3 is 1. The quantitative estimate of drug-likeness (QED) is 0.229. The molecule has 2 unspecified atom stereocenters. The van der Waals surface area contributed by atoms with Crippen molar-refractivity contribution in [2.45, 2.75) is 84.6 Å². The Kier molecular flexibility index (Phi) is 12.0. The summed E-state index contributed by atoms with van der Waals surface area (Å²) >= 11 is 0. The average molecular weight is 515 g/mol. The van der Waals surface area contributed by atoms with Gasteiger partial charge in [0.15, 0.2) is 6.23 Å². The number of ether oxygens (including phenoxy) is 3. The van der Waals surface area contributed by atoms with Crippen LogP contribution in [0.1, 0.15) is 52.8 Å². The molecule has 0 saturated carbocycles. The largest absolute Gasteiger partial charge is 0.382 e. The van der Waals surface area contributed by atoms with E-state index < -0.39 is 38.2 Å². The summed E-state index contributed by atoms with van der Waals surface area (Å²) in [5.41, 5.74) is -0.637. The van der Waals surface area contributed by atoms with Gasteiger partial charge < -0.3 is 28.1 Å². The van der Waals surface area contributed by atoms with E-state index in [0.29, 0.717) is 18.6 Å². The number of aromatic amines is 1. The lowest BCUT2D eigenvalue weighted by atomic mass is 10.1. The Morgan fingerprint density at radius 1 is 1.20 bits per heavy atom. The maximum absolute atomic E-state index is 12.7. The highest BCUT2D eigenvalue weighted by Crippen LogP contribution is 2.50. The van der Waals surface area contributed by atoms with Crippen LogP contribution in [0.4, 0.5) is 0 Å². The predicted octanol–water partition coefficient (Wildman–Crippen LogP) is 2.85. The first-order valence-electron chi connectivity index (χ1n) is 12.0. The number of nitrogens with one attached hydrogen (secondary N) is 1. The molecule has 5 atom stereocenters. The lowest BCUT2D eigenvalue weighted by Gasteiger charge is -2.38. The first-order valence-corrected chi connectivity index (χ1v) is 13.1. The van der Waals surface area contributed by atoms with Gasteiger partial charge in [-0.25, -0.2) is 16.0 Å². The molecule has 2 rings (SSSR count). The van der Waals surface area contributed by atoms with E-state index >= 15 is 0 Å². The molecule has 2 heterocycles. The standard InChI is InChI=1S/C23H39N4O7P/c1-9-18-19(34-35(32-11-10-24-7)27(15(2)3)16(4)5)20(31-13-12-30-8)22(33-18)26-14-17(6)21(28)25-23(26)29/h14-16,18-20,22H,9-13H2,1-6,8H3,(H,25,28,29)/t18-,19?,20+,22-,35?/m1/s1. The Morgan fingerprint density at radius 3 is 2.46 bits per heavy atom. The van der Waals surface area contributed by atoms with Crippen LogP contribution in [0.15, 0.2) is 15.8 Å². The molecule has 1 aromatic heterocycles. The highest BCUT2D eigenvalue weighted by molar-refractivity contribution is 7.44. The molecule has 0 amide bonds. The van der Waals surface area contributed by atoms with Crippen molar-refractivity contribution in [1.82, 2.24) is 14.2 Å². The summed E-state index contributed by atoms with van der Waals surface area (Å²) in [5, 5.41) is 0. The van der Waals surface area contributed by atoms with E-state index in [4.69, 9.17) is 29.8 Å². The molecule has 198 valence electrons. The fourth-order valence-corrected chi connectivity index (χ4v) is 5.76. The van der Waals surface area contributed by atoms with Crippen LogP contribution in [0, 0.1) is 13.5 Å². The molecule has 1 saturated heterocycles. The molecule has 0 bridgehead atoms. The van der Waals surface area contributed by atoms with E-state index in [1.54, 1.807) is 14.0 Å². The third kappa shape index (κ3) is 7.67. The van der Waals surface area contributed by atoms with Crippen LogP contribution in [0.3, 0.4) is 0 Å². The number of rotatable bonds is 14. The molecule has 0 radical (unpaired) electrons. The zero-order chi connectivity index (χ0) is 26.1. The van der Waals surface area contributed by atoms with Gasteiger partial charge in [0, 0.05) is 31.0 Å². The van der Waals surface area contributed by atoms with Gasteiger partial charge in [0.05, 0.1) is 19.3 Å². The summed E-state index contributed by atoms with van der Waals surface area (Å²) in [5.74, 6) is 0. The van der Waals surface area contributed by atoms with E-state index in [1.165, 1.54) is 10.8 Å². The van der Waals surface area contributed by atoms with E-state index in [-0.39, 0.29) is 37.9 Å². The van der Waals surface area contributed by atoms with Crippen molar-refractivity contribution in [2.24, 2.45) is 0 Å². The molecule has 1 aliphatic rings. The van der Waals surface area contributed by atoms with Crippen LogP contribution in [-0.4, -0.2) is 78.1 Å². The normalized spacial score (nSPS) is 23.3. The molecule has 11 nitrogen and oxygen atoms in total. The second-order valence-corrected chi connectivity index (χ2v) is 10.3. The first kappa shape index (κ1) is 29.6. The number of aryl methyl sites for hydroxylation is 1. The molecule has 1 aliphatic heterocycles. The molecule has 1 aromatic rings. The molecule has 0 aromatic carbocycles. The summed E-state index contributed by atoms with van der Waals surface area (Å²) in [7, 11) is 0.0249. The van der Waals surface area contributed by atoms with Crippen molar-refractivity contribution in [1.29, 1.82) is 0 Å². The molecule has 0 aliphatic carbocycles. The Balaban J connectivity index is 2.46. The maximum atomic E-state index is 12.7. The van der Waals surface area contributed by atoms with Gasteiger partial charge in [-0.3, -0.25) is 14.3 Å². The predicted molar refractivity (Wildman–Crippen MR) is 133 cm³/mol. The molecule has 1 fully saturated rings. The first-order chi connectivity index (χ1) is 16.7. The van der Waals surface area contributed by atoms with Gasteiger partial charge in [-0.1, -0.05) is 6.92 Å². The molecule has 35 heavy (non-hydrogen) atoms. The van der Waals surface area contributed by atoms with E-state index in [0.717, 1.165) is 0 Å². The number of hydrogen-bond donors (Lipinski definition) is 1. The topological polar surface area (TPSA) is 109 Å². The van der Waals surface area contributed by atoms with Crippen LogP contribution in [0.2, 0.25) is 0 Å². The second-order valence-electron chi connectivity index (χ2n) is 8.87. The van der Waals surface area contributed by atoms with Gasteiger partial charge in [-0.15, -0.1) is 0 Å². The van der Waals surface area contributed by atoms with Crippen molar-refractivity contribution in [3.63, 3.8) is 0 Å². The summed E-state index contributed by atoms with van der Waals surface area (Å²) in [6.07, 6.45) is -0.318. The van der Waals surface area contributed by atoms with Gasteiger partial charge in [0.1, 0.15) is 18.8 Å². The summed E-state index contributed by atoms with van der Waals surface area (Å²) < 4.78 is 33.8. The van der Waals surface area contributed by atoms with Gasteiger partial charge in [-0.05, 0) is 41.0 Å². The number of aromatic nitrogens is 2. The van der Waals surface area contributed by atoms with Gasteiger partial charge in [-0.2, -0.15) is 0 Å². The summed E-state index contributed by atoms with van der Waals surface area (Å²) in [6, 6.07) is 0.258. The van der Waals surface area contributed by atoms with E-state index in [2.05, 4.69) is 42.2 Å². The Bertz CT molecular complexity index is 937. The van der Waals surface area contributed by atoms with Crippen molar-refractivity contribution in [3.8, 4) is 0 Å². The summed E-state index contributed by atoms with van der Waals surface area (Å²) in [6.45, 7) is 20.1. The highest BCUT2D eigenvalue weighted by Gasteiger charge is 2.49. The lowest BCUT2D eigenvalue weighted by molar-refractivity contribution is -0.0786. The van der Waals surface area contributed by atoms with Crippen molar-refractivity contribution >= 4 is 8.53 Å². The van der Waals surface area contributed by atoms with Gasteiger partial charge in [0.2, 0.25) is 6.54 Å². The number of H-pyrrole nitrogens is 1. The van der Waals surface area contributed by atoms with E-state index in [9.17, 15) is 9.59 Å². The minimum absolute atomic E-state index is 0.129. The summed E-state index contributed by atoms with van der Waals surface area (Å²) in [4.78, 5) is 30.4. The van der Waals surface area contributed by atoms with Crippen LogP contribution in [0.25, 0.3) is 4.85 Å². The minimum atomic E-state index is -1.56. The SMILES string of the molecule is [C-]#[N+]CCOP(OC1[C@@H](CC)O[C@@H](n2cc(C)c(=O)[nH]c2=O)[C@H]1OCCOC)N(C(C)C)C(C)C. The number of nitrogens with zero attached hydrogens (tertiary/aromatic N) is 3. The van der Waals surface area contributed by atoms with Crippen molar-refractivity contribution in [2.75, 3.05) is 33.5 Å². The number of hydrogen-bond acceptors (Lipinski definition) is 8. The Morgan fingerprint density at radius 2 is 1.89 bits per heavy atom. The lowest BCUT2D eigenvalue weighted by Crippen LogP contribution is -2.42. The molecule has 0 spiro atoms. The van der Waals surface area contributed by atoms with Crippen LogP contribution in [-0.2, 0) is 23.3 Å². The average Bonchev–Trinajstić information content (AvgIpc) is 3.13. The smallest absolute Gasteiger partial charge is 0.330 e. The second kappa shape index (κ2) is 14.2. The zero-order valence-electron chi connectivity index (χ0n) is 21.7. The molecule has 1 N–H and O–H groups in total. The third-order valence-electron chi connectivity index (χ3n) is 5.57. The third-order valence-corrected chi connectivity index (χ3v) is 7.70. The molecule has 12 heteroatoms. The van der Waals surface area contributed by atoms with Gasteiger partial charge in [0.25, 0.3) is 14.1 Å². The fraction of sp³-hybridized carbons (Fsp3) is 0.783. The Hall–Kier alpha value is -1.64. The van der Waals surface area contributed by atoms with Crippen LogP contribution < -0.4 is 11.2 Å². The minimum Gasteiger partial charge on any atom is -0.382 e. The van der Waals surface area contributed by atoms with Crippen molar-refractivity contribution in [3.05, 3.63) is 44.0 Å². The highest BCUT2D eigenvalue weighted by atomic mass is 31.2. The molecular weight excluding hydrogens is 475 g/mol. The van der Waals surface area contributed by atoms with Crippen LogP contribution >= 0.6 is 8.53 Å². The zero-order valence-corrected chi connectivity index (χ0v) is 22.6. The van der Waals surface area contributed by atoms with Gasteiger partial charge >= 0.3 is 5.69 Å². The van der Waals surface area contributed by atoms with Crippen molar-refractivity contribution < 1.29 is 23.3 Å². The Labute approximate surface area is 208 Å². The fourth-order valence-electron chi connectivity index (χ4n) is 4.00.